The Labute approximate surface area is 138 Å². The monoisotopic (exact) mass is 335 g/mol. The molecule has 23 heavy (non-hydrogen) atoms. The van der Waals surface area contributed by atoms with E-state index in [-0.39, 0.29) is 28.7 Å². The summed E-state index contributed by atoms with van der Waals surface area (Å²) < 4.78 is 5.25. The molecule has 1 aliphatic rings. The summed E-state index contributed by atoms with van der Waals surface area (Å²) in [6.07, 6.45) is 3.18. The number of hydrogen-bond acceptors (Lipinski definition) is 4. The van der Waals surface area contributed by atoms with Crippen molar-refractivity contribution in [1.82, 2.24) is 4.90 Å². The molecule has 122 valence electrons. The lowest BCUT2D eigenvalue weighted by molar-refractivity contribution is -0.131. The highest BCUT2D eigenvalue weighted by molar-refractivity contribution is 6.32. The number of carbonyl (C=O) groups is 1. The van der Waals surface area contributed by atoms with Crippen molar-refractivity contribution in [3.05, 3.63) is 38.7 Å². The molecule has 1 aromatic carbocycles. The minimum Gasteiger partial charge on any atom is -0.506 e. The Bertz CT molecular complexity index is 821. The van der Waals surface area contributed by atoms with E-state index < -0.39 is 5.63 Å². The summed E-state index contributed by atoms with van der Waals surface area (Å²) in [6.45, 7) is 3.26. The van der Waals surface area contributed by atoms with Gasteiger partial charge in [0.1, 0.15) is 11.3 Å². The second-order valence-electron chi connectivity index (χ2n) is 5.91. The third-order valence-corrected chi connectivity index (χ3v) is 4.69. The van der Waals surface area contributed by atoms with Crippen LogP contribution in [0.25, 0.3) is 11.0 Å². The van der Waals surface area contributed by atoms with Gasteiger partial charge in [0.05, 0.1) is 17.0 Å². The Morgan fingerprint density at radius 2 is 2.00 bits per heavy atom. The molecule has 2 aromatic rings. The number of aromatic hydroxyl groups is 1. The molecule has 3 rings (SSSR count). The van der Waals surface area contributed by atoms with Crippen LogP contribution in [0.4, 0.5) is 0 Å². The summed E-state index contributed by atoms with van der Waals surface area (Å²) in [7, 11) is 0. The molecule has 5 nitrogen and oxygen atoms in total. The second-order valence-corrected chi connectivity index (χ2v) is 6.32. The third kappa shape index (κ3) is 3.06. The average Bonchev–Trinajstić information content (AvgIpc) is 2.54. The van der Waals surface area contributed by atoms with Gasteiger partial charge < -0.3 is 14.4 Å². The number of rotatable bonds is 2. The topological polar surface area (TPSA) is 70.8 Å². The minimum absolute atomic E-state index is 0.0304. The van der Waals surface area contributed by atoms with Gasteiger partial charge >= 0.3 is 5.63 Å². The Hall–Kier alpha value is -2.01. The molecule has 0 radical (unpaired) electrons. The van der Waals surface area contributed by atoms with Crippen LogP contribution in [0.5, 0.6) is 5.75 Å². The number of carbonyl (C=O) groups excluding carboxylic acids is 1. The van der Waals surface area contributed by atoms with Gasteiger partial charge in [0.25, 0.3) is 0 Å². The highest BCUT2D eigenvalue weighted by Crippen LogP contribution is 2.30. The van der Waals surface area contributed by atoms with Crippen LogP contribution in [0.1, 0.15) is 30.4 Å². The molecular weight excluding hydrogens is 318 g/mol. The maximum absolute atomic E-state index is 12.4. The lowest BCUT2D eigenvalue weighted by Gasteiger charge is -2.26. The van der Waals surface area contributed by atoms with Crippen molar-refractivity contribution in [3.63, 3.8) is 0 Å². The zero-order chi connectivity index (χ0) is 16.6. The maximum Gasteiger partial charge on any atom is 0.340 e. The molecule has 1 aliphatic heterocycles. The predicted molar refractivity (Wildman–Crippen MR) is 88.0 cm³/mol. The van der Waals surface area contributed by atoms with Gasteiger partial charge in [-0.2, -0.15) is 0 Å². The Kier molecular flexibility index (Phi) is 4.31. The summed E-state index contributed by atoms with van der Waals surface area (Å²) in [4.78, 5) is 26.4. The van der Waals surface area contributed by atoms with E-state index in [2.05, 4.69) is 0 Å². The summed E-state index contributed by atoms with van der Waals surface area (Å²) >= 11 is 5.93. The van der Waals surface area contributed by atoms with Gasteiger partial charge in [0.15, 0.2) is 0 Å². The Morgan fingerprint density at radius 1 is 1.30 bits per heavy atom. The van der Waals surface area contributed by atoms with Gasteiger partial charge in [-0.1, -0.05) is 11.6 Å². The van der Waals surface area contributed by atoms with Crippen molar-refractivity contribution in [2.45, 2.75) is 32.6 Å². The van der Waals surface area contributed by atoms with Crippen molar-refractivity contribution in [2.24, 2.45) is 0 Å². The van der Waals surface area contributed by atoms with E-state index >= 15 is 0 Å². The molecule has 1 amide bonds. The molecule has 1 fully saturated rings. The molecule has 0 unspecified atom stereocenters. The second kappa shape index (κ2) is 6.24. The smallest absolute Gasteiger partial charge is 0.340 e. The van der Waals surface area contributed by atoms with E-state index in [1.165, 1.54) is 6.07 Å². The summed E-state index contributed by atoms with van der Waals surface area (Å²) in [5.74, 6) is -0.191. The SMILES string of the molecule is Cc1c(CC(=O)N2CCCCC2)c(=O)oc2cc(O)c(Cl)cc12. The number of aryl methyl sites for hydroxylation is 1. The molecular formula is C17H18ClNO4. The first-order chi connectivity index (χ1) is 11.0. The summed E-state index contributed by atoms with van der Waals surface area (Å²) in [5, 5.41) is 10.4. The number of nitrogens with zero attached hydrogens (tertiary/aromatic N) is 1. The number of phenols is 1. The Morgan fingerprint density at radius 3 is 2.70 bits per heavy atom. The number of amides is 1. The van der Waals surface area contributed by atoms with Crippen LogP contribution in [0.15, 0.2) is 21.3 Å². The first kappa shape index (κ1) is 15.9. The number of phenolic OH excluding ortho intramolecular Hbond substituents is 1. The lowest BCUT2D eigenvalue weighted by Crippen LogP contribution is -2.37. The third-order valence-electron chi connectivity index (χ3n) is 4.39. The molecule has 1 saturated heterocycles. The van der Waals surface area contributed by atoms with Crippen molar-refractivity contribution in [1.29, 1.82) is 0 Å². The number of halogens is 1. The number of fused-ring (bicyclic) bond motifs is 1. The fourth-order valence-electron chi connectivity index (χ4n) is 3.01. The van der Waals surface area contributed by atoms with Crippen molar-refractivity contribution >= 4 is 28.5 Å². The van der Waals surface area contributed by atoms with Crippen molar-refractivity contribution in [3.8, 4) is 5.75 Å². The van der Waals surface area contributed by atoms with E-state index in [0.717, 1.165) is 32.4 Å². The van der Waals surface area contributed by atoms with Crippen LogP contribution < -0.4 is 5.63 Å². The number of piperidine rings is 1. The fraction of sp³-hybridized carbons (Fsp3) is 0.412. The molecule has 0 atom stereocenters. The molecule has 1 aromatic heterocycles. The summed E-state index contributed by atoms with van der Waals surface area (Å²) in [5.41, 5.74) is 0.754. The normalized spacial score (nSPS) is 15.1. The van der Waals surface area contributed by atoms with E-state index in [4.69, 9.17) is 16.0 Å². The van der Waals surface area contributed by atoms with Gasteiger partial charge in [0.2, 0.25) is 5.91 Å². The first-order valence-corrected chi connectivity index (χ1v) is 8.07. The van der Waals surface area contributed by atoms with Crippen molar-refractivity contribution in [2.75, 3.05) is 13.1 Å². The molecule has 0 bridgehead atoms. The molecule has 1 N–H and O–H groups in total. The minimum atomic E-state index is -0.540. The fourth-order valence-corrected chi connectivity index (χ4v) is 3.17. The molecule has 2 heterocycles. The van der Waals surface area contributed by atoms with Gasteiger partial charge in [-0.05, 0) is 37.8 Å². The largest absolute Gasteiger partial charge is 0.506 e. The highest BCUT2D eigenvalue weighted by Gasteiger charge is 2.21. The van der Waals surface area contributed by atoms with Gasteiger partial charge in [-0.25, -0.2) is 4.79 Å². The number of hydrogen-bond donors (Lipinski definition) is 1. The van der Waals surface area contributed by atoms with E-state index in [9.17, 15) is 14.7 Å². The predicted octanol–water partition coefficient (Wildman–Crippen LogP) is 3.02. The van der Waals surface area contributed by atoms with Gasteiger partial charge in [-0.15, -0.1) is 0 Å². The Balaban J connectivity index is 1.98. The van der Waals surface area contributed by atoms with Crippen LogP contribution in [0.3, 0.4) is 0 Å². The quantitative estimate of drug-likeness (QED) is 0.856. The molecule has 0 aliphatic carbocycles. The van der Waals surface area contributed by atoms with Crippen LogP contribution in [0, 0.1) is 6.92 Å². The standard InChI is InChI=1S/C17H18ClNO4/c1-10-11-7-13(18)14(20)9-15(11)23-17(22)12(10)8-16(21)19-5-3-2-4-6-19/h7,9,20H,2-6,8H2,1H3. The number of benzene rings is 1. The van der Waals surface area contributed by atoms with Crippen molar-refractivity contribution < 1.29 is 14.3 Å². The van der Waals surface area contributed by atoms with E-state index in [1.807, 2.05) is 0 Å². The van der Waals surface area contributed by atoms with Gasteiger partial charge in [-0.3, -0.25) is 4.79 Å². The maximum atomic E-state index is 12.4. The average molecular weight is 336 g/mol. The molecule has 0 saturated carbocycles. The number of likely N-dealkylation sites (tertiary alicyclic amines) is 1. The van der Waals surface area contributed by atoms with Crippen LogP contribution in [-0.4, -0.2) is 29.0 Å². The van der Waals surface area contributed by atoms with Crippen LogP contribution >= 0.6 is 11.6 Å². The summed E-state index contributed by atoms with van der Waals surface area (Å²) in [6, 6.07) is 2.88. The first-order valence-electron chi connectivity index (χ1n) is 7.70. The molecule has 0 spiro atoms. The molecule has 6 heteroatoms. The van der Waals surface area contributed by atoms with Gasteiger partial charge in [0, 0.05) is 24.5 Å². The zero-order valence-corrected chi connectivity index (χ0v) is 13.7. The zero-order valence-electron chi connectivity index (χ0n) is 12.9. The van der Waals surface area contributed by atoms with E-state index in [1.54, 1.807) is 17.9 Å². The van der Waals surface area contributed by atoms with Crippen LogP contribution in [-0.2, 0) is 11.2 Å². The van der Waals surface area contributed by atoms with E-state index in [0.29, 0.717) is 16.5 Å². The highest BCUT2D eigenvalue weighted by atomic mass is 35.5. The lowest BCUT2D eigenvalue weighted by atomic mass is 10.0. The van der Waals surface area contributed by atoms with Crippen LogP contribution in [0.2, 0.25) is 5.02 Å².